The van der Waals surface area contributed by atoms with Crippen molar-refractivity contribution in [3.8, 4) is 0 Å². The van der Waals surface area contributed by atoms with Crippen molar-refractivity contribution in [1.82, 2.24) is 20.0 Å². The fraction of sp³-hybridized carbons (Fsp3) is 0.562. The number of anilines is 1. The lowest BCUT2D eigenvalue weighted by Crippen LogP contribution is -2.46. The molecule has 3 rings (SSSR count). The largest absolute Gasteiger partial charge is 0.371 e. The van der Waals surface area contributed by atoms with Crippen LogP contribution in [0.1, 0.15) is 31.7 Å². The lowest BCUT2D eigenvalue weighted by atomic mass is 10.3. The summed E-state index contributed by atoms with van der Waals surface area (Å²) in [7, 11) is 0. The average Bonchev–Trinajstić information content (AvgIpc) is 3.04. The van der Waals surface area contributed by atoms with E-state index in [1.807, 2.05) is 19.9 Å². The van der Waals surface area contributed by atoms with Crippen LogP contribution in [-0.4, -0.2) is 52.8 Å². The van der Waals surface area contributed by atoms with Gasteiger partial charge in [-0.05, 0) is 26.0 Å². The summed E-state index contributed by atoms with van der Waals surface area (Å²) in [5, 5.41) is 3.97. The number of ether oxygens (including phenoxy) is 1. The highest BCUT2D eigenvalue weighted by atomic mass is 19.1. The van der Waals surface area contributed by atoms with Crippen LogP contribution in [0, 0.1) is 5.95 Å². The Hall–Kier alpha value is -2.06. The lowest BCUT2D eigenvalue weighted by molar-refractivity contribution is 0.0683. The molecule has 0 amide bonds. The number of halogens is 1. The van der Waals surface area contributed by atoms with Crippen LogP contribution in [0.3, 0.4) is 0 Å². The van der Waals surface area contributed by atoms with E-state index in [4.69, 9.17) is 9.26 Å². The van der Waals surface area contributed by atoms with Crippen molar-refractivity contribution in [2.45, 2.75) is 26.5 Å². The maximum absolute atomic E-state index is 13.2. The highest BCUT2D eigenvalue weighted by Crippen LogP contribution is 2.16. The zero-order chi connectivity index (χ0) is 16.9. The standard InChI is InChI=1S/C16H22FN5O2/c1-3-23-12(2)16-19-15(24-20-16)11-21-7-9-22(10-8-21)14-6-4-5-13(17)18-14/h4-6,12H,3,7-11H2,1-2H3/t12-/m0/s1. The van der Waals surface area contributed by atoms with Gasteiger partial charge < -0.3 is 14.2 Å². The molecule has 2 aromatic rings. The van der Waals surface area contributed by atoms with Crippen molar-refractivity contribution in [3.05, 3.63) is 35.9 Å². The summed E-state index contributed by atoms with van der Waals surface area (Å²) in [6.45, 7) is 8.29. The number of rotatable bonds is 6. The molecule has 0 saturated carbocycles. The number of hydrogen-bond donors (Lipinski definition) is 0. The van der Waals surface area contributed by atoms with Gasteiger partial charge in [-0.3, -0.25) is 4.90 Å². The van der Waals surface area contributed by atoms with Gasteiger partial charge in [-0.25, -0.2) is 4.98 Å². The van der Waals surface area contributed by atoms with E-state index >= 15 is 0 Å². The SMILES string of the molecule is CCO[C@@H](C)c1noc(CN2CCN(c3cccc(F)n3)CC2)n1. The molecule has 0 radical (unpaired) electrons. The Balaban J connectivity index is 1.52. The Morgan fingerprint density at radius 3 is 2.75 bits per heavy atom. The molecule has 0 aliphatic carbocycles. The maximum Gasteiger partial charge on any atom is 0.240 e. The fourth-order valence-electron chi connectivity index (χ4n) is 2.72. The minimum Gasteiger partial charge on any atom is -0.371 e. The van der Waals surface area contributed by atoms with E-state index in [2.05, 4.69) is 24.9 Å². The third-order valence-electron chi connectivity index (χ3n) is 4.02. The number of hydrogen-bond acceptors (Lipinski definition) is 7. The van der Waals surface area contributed by atoms with Crippen LogP contribution in [0.15, 0.2) is 22.7 Å². The summed E-state index contributed by atoms with van der Waals surface area (Å²) in [5.41, 5.74) is 0. The minimum absolute atomic E-state index is 0.164. The van der Waals surface area contributed by atoms with Crippen molar-refractivity contribution in [1.29, 1.82) is 0 Å². The van der Waals surface area contributed by atoms with Gasteiger partial charge in [0.2, 0.25) is 11.8 Å². The van der Waals surface area contributed by atoms with Crippen molar-refractivity contribution in [3.63, 3.8) is 0 Å². The molecular weight excluding hydrogens is 313 g/mol. The minimum atomic E-state index is -0.447. The summed E-state index contributed by atoms with van der Waals surface area (Å²) in [5.74, 6) is 1.40. The molecule has 1 fully saturated rings. The summed E-state index contributed by atoms with van der Waals surface area (Å²) in [6.07, 6.45) is -0.164. The van der Waals surface area contributed by atoms with Crippen LogP contribution < -0.4 is 4.90 Å². The average molecular weight is 335 g/mol. The van der Waals surface area contributed by atoms with E-state index in [0.29, 0.717) is 30.7 Å². The Morgan fingerprint density at radius 1 is 1.25 bits per heavy atom. The van der Waals surface area contributed by atoms with Crippen LogP contribution in [0.2, 0.25) is 0 Å². The molecule has 0 aromatic carbocycles. The van der Waals surface area contributed by atoms with E-state index in [1.165, 1.54) is 6.07 Å². The van der Waals surface area contributed by atoms with Crippen LogP contribution in [0.5, 0.6) is 0 Å². The second-order valence-electron chi connectivity index (χ2n) is 5.73. The number of nitrogens with zero attached hydrogens (tertiary/aromatic N) is 5. The third kappa shape index (κ3) is 4.07. The van der Waals surface area contributed by atoms with Crippen LogP contribution >= 0.6 is 0 Å². The molecule has 7 nitrogen and oxygen atoms in total. The molecule has 8 heteroatoms. The molecule has 1 aliphatic rings. The zero-order valence-corrected chi connectivity index (χ0v) is 14.0. The first-order chi connectivity index (χ1) is 11.7. The van der Waals surface area contributed by atoms with E-state index in [9.17, 15) is 4.39 Å². The number of aromatic nitrogens is 3. The van der Waals surface area contributed by atoms with E-state index in [1.54, 1.807) is 6.07 Å². The molecule has 3 heterocycles. The Labute approximate surface area is 140 Å². The smallest absolute Gasteiger partial charge is 0.240 e. The molecular formula is C16H22FN5O2. The molecule has 0 bridgehead atoms. The number of pyridine rings is 1. The monoisotopic (exact) mass is 335 g/mol. The molecule has 1 atom stereocenters. The second-order valence-corrected chi connectivity index (χ2v) is 5.73. The maximum atomic E-state index is 13.2. The second kappa shape index (κ2) is 7.67. The van der Waals surface area contributed by atoms with Gasteiger partial charge in [0.15, 0.2) is 5.82 Å². The van der Waals surface area contributed by atoms with Gasteiger partial charge in [-0.15, -0.1) is 0 Å². The Kier molecular flexibility index (Phi) is 5.37. The normalized spacial score (nSPS) is 17.2. The third-order valence-corrected chi connectivity index (χ3v) is 4.02. The van der Waals surface area contributed by atoms with Gasteiger partial charge in [0.05, 0.1) is 6.54 Å². The summed E-state index contributed by atoms with van der Waals surface area (Å²) < 4.78 is 24.0. The zero-order valence-electron chi connectivity index (χ0n) is 14.0. The Bertz CT molecular complexity index is 657. The van der Waals surface area contributed by atoms with E-state index < -0.39 is 5.95 Å². The van der Waals surface area contributed by atoms with Gasteiger partial charge in [0, 0.05) is 32.8 Å². The van der Waals surface area contributed by atoms with Crippen molar-refractivity contribution >= 4 is 5.82 Å². The van der Waals surface area contributed by atoms with Gasteiger partial charge in [-0.1, -0.05) is 11.2 Å². The quantitative estimate of drug-likeness (QED) is 0.748. The predicted molar refractivity (Wildman–Crippen MR) is 86.0 cm³/mol. The molecule has 130 valence electrons. The van der Waals surface area contributed by atoms with Gasteiger partial charge in [0.1, 0.15) is 11.9 Å². The van der Waals surface area contributed by atoms with Crippen LogP contribution in [-0.2, 0) is 11.3 Å². The lowest BCUT2D eigenvalue weighted by Gasteiger charge is -2.34. The van der Waals surface area contributed by atoms with Crippen LogP contribution in [0.4, 0.5) is 10.2 Å². The van der Waals surface area contributed by atoms with Crippen molar-refractivity contribution in [2.24, 2.45) is 0 Å². The highest BCUT2D eigenvalue weighted by Gasteiger charge is 2.21. The molecule has 24 heavy (non-hydrogen) atoms. The molecule has 1 saturated heterocycles. The Morgan fingerprint density at radius 2 is 2.04 bits per heavy atom. The predicted octanol–water partition coefficient (Wildman–Crippen LogP) is 2.02. The topological polar surface area (TPSA) is 67.5 Å². The summed E-state index contributed by atoms with van der Waals surface area (Å²) in [4.78, 5) is 12.6. The molecule has 0 spiro atoms. The molecule has 0 unspecified atom stereocenters. The van der Waals surface area contributed by atoms with Gasteiger partial charge >= 0.3 is 0 Å². The summed E-state index contributed by atoms with van der Waals surface area (Å²) in [6, 6.07) is 4.87. The first-order valence-corrected chi connectivity index (χ1v) is 8.19. The molecule has 1 aliphatic heterocycles. The molecule has 2 aromatic heterocycles. The first kappa shape index (κ1) is 16.8. The van der Waals surface area contributed by atoms with Gasteiger partial charge in [0.25, 0.3) is 0 Å². The van der Waals surface area contributed by atoms with E-state index in [-0.39, 0.29) is 6.10 Å². The van der Waals surface area contributed by atoms with Crippen LogP contribution in [0.25, 0.3) is 0 Å². The van der Waals surface area contributed by atoms with Crippen molar-refractivity contribution in [2.75, 3.05) is 37.7 Å². The first-order valence-electron chi connectivity index (χ1n) is 8.19. The molecule has 0 N–H and O–H groups in total. The fourth-order valence-corrected chi connectivity index (χ4v) is 2.72. The number of piperazine rings is 1. The van der Waals surface area contributed by atoms with E-state index in [0.717, 1.165) is 26.2 Å². The highest BCUT2D eigenvalue weighted by molar-refractivity contribution is 5.38. The van der Waals surface area contributed by atoms with Gasteiger partial charge in [-0.2, -0.15) is 9.37 Å². The van der Waals surface area contributed by atoms with Crippen molar-refractivity contribution < 1.29 is 13.7 Å². The summed E-state index contributed by atoms with van der Waals surface area (Å²) >= 11 is 0.